The van der Waals surface area contributed by atoms with E-state index in [4.69, 9.17) is 4.74 Å². The summed E-state index contributed by atoms with van der Waals surface area (Å²) in [6, 6.07) is 17.4. The zero-order chi connectivity index (χ0) is 17.8. The lowest BCUT2D eigenvalue weighted by molar-refractivity contribution is -0.123. The first kappa shape index (κ1) is 16.4. The Morgan fingerprint density at radius 1 is 1.15 bits per heavy atom. The van der Waals surface area contributed by atoms with Crippen LogP contribution in [0.15, 0.2) is 60.8 Å². The summed E-state index contributed by atoms with van der Waals surface area (Å²) in [7, 11) is 0. The Hall–Kier alpha value is -3.08. The van der Waals surface area contributed by atoms with Crippen molar-refractivity contribution in [1.82, 2.24) is 15.5 Å². The minimum absolute atomic E-state index is 0.0434. The van der Waals surface area contributed by atoms with Crippen LogP contribution in [0.25, 0.3) is 0 Å². The number of aromatic amines is 1. The summed E-state index contributed by atoms with van der Waals surface area (Å²) in [4.78, 5) is 12.7. The summed E-state index contributed by atoms with van der Waals surface area (Å²) < 4.78 is 5.96. The molecular weight excluding hydrogens is 326 g/mol. The molecule has 4 rings (SSSR count). The van der Waals surface area contributed by atoms with Gasteiger partial charge in [-0.3, -0.25) is 9.89 Å². The first-order chi connectivity index (χ1) is 12.8. The summed E-state index contributed by atoms with van der Waals surface area (Å²) in [5.41, 5.74) is 3.07. The molecule has 0 aliphatic heterocycles. The molecular formula is C21H21N3O2. The van der Waals surface area contributed by atoms with Crippen molar-refractivity contribution in [3.8, 4) is 11.5 Å². The molecule has 5 nitrogen and oxygen atoms in total. The number of nitrogens with one attached hydrogen (secondary N) is 2. The van der Waals surface area contributed by atoms with E-state index in [2.05, 4.69) is 15.5 Å². The number of ether oxygens (including phenoxy) is 1. The first-order valence-corrected chi connectivity index (χ1v) is 8.92. The number of carbonyl (C=O) groups is 1. The number of benzene rings is 2. The predicted octanol–water partition coefficient (Wildman–Crippen LogP) is 3.94. The highest BCUT2D eigenvalue weighted by Crippen LogP contribution is 2.30. The van der Waals surface area contributed by atoms with Gasteiger partial charge in [0, 0.05) is 23.4 Å². The van der Waals surface area contributed by atoms with Crippen LogP contribution in [0.4, 0.5) is 0 Å². The van der Waals surface area contributed by atoms with Gasteiger partial charge in [-0.05, 0) is 37.5 Å². The molecule has 1 aromatic heterocycles. The molecule has 0 saturated carbocycles. The molecule has 1 atom stereocenters. The average molecular weight is 347 g/mol. The molecule has 1 unspecified atom stereocenters. The van der Waals surface area contributed by atoms with E-state index in [1.807, 2.05) is 54.6 Å². The molecule has 1 heterocycles. The third-order valence-corrected chi connectivity index (χ3v) is 4.76. The predicted molar refractivity (Wildman–Crippen MR) is 99.1 cm³/mol. The first-order valence-electron chi connectivity index (χ1n) is 8.92. The molecule has 2 aromatic carbocycles. The van der Waals surface area contributed by atoms with Gasteiger partial charge < -0.3 is 10.1 Å². The number of hydrogen-bond donors (Lipinski definition) is 2. The molecule has 26 heavy (non-hydrogen) atoms. The molecule has 0 bridgehead atoms. The maximum Gasteiger partial charge on any atom is 0.227 e. The van der Waals surface area contributed by atoms with Crippen molar-refractivity contribution < 1.29 is 9.53 Å². The van der Waals surface area contributed by atoms with E-state index in [0.29, 0.717) is 6.54 Å². The zero-order valence-electron chi connectivity index (χ0n) is 14.4. The van der Waals surface area contributed by atoms with E-state index in [0.717, 1.165) is 47.6 Å². The number of rotatable bonds is 5. The molecule has 0 saturated heterocycles. The van der Waals surface area contributed by atoms with Crippen molar-refractivity contribution in [1.29, 1.82) is 0 Å². The van der Waals surface area contributed by atoms with Crippen LogP contribution in [-0.2, 0) is 17.8 Å². The summed E-state index contributed by atoms with van der Waals surface area (Å²) in [6.45, 7) is 0.436. The highest BCUT2D eigenvalue weighted by Gasteiger charge is 2.27. The van der Waals surface area contributed by atoms with E-state index in [1.165, 1.54) is 0 Å². The molecule has 1 amide bonds. The Labute approximate surface area is 152 Å². The smallest absolute Gasteiger partial charge is 0.227 e. The molecule has 0 radical (unpaired) electrons. The van der Waals surface area contributed by atoms with Gasteiger partial charge in [0.25, 0.3) is 0 Å². The summed E-state index contributed by atoms with van der Waals surface area (Å²) in [6.07, 6.45) is 4.61. The molecule has 132 valence electrons. The van der Waals surface area contributed by atoms with Crippen molar-refractivity contribution in [2.45, 2.75) is 31.7 Å². The quantitative estimate of drug-likeness (QED) is 0.735. The Balaban J connectivity index is 1.45. The van der Waals surface area contributed by atoms with Crippen LogP contribution in [-0.4, -0.2) is 16.1 Å². The monoisotopic (exact) mass is 347 g/mol. The number of amides is 1. The van der Waals surface area contributed by atoms with Crippen molar-refractivity contribution in [2.24, 2.45) is 0 Å². The molecule has 1 aliphatic carbocycles. The maximum absolute atomic E-state index is 12.7. The van der Waals surface area contributed by atoms with Gasteiger partial charge >= 0.3 is 0 Å². The van der Waals surface area contributed by atoms with Crippen molar-refractivity contribution >= 4 is 5.91 Å². The molecule has 2 N–H and O–H groups in total. The van der Waals surface area contributed by atoms with E-state index >= 15 is 0 Å². The van der Waals surface area contributed by atoms with Gasteiger partial charge in [-0.25, -0.2) is 0 Å². The SMILES string of the molecule is O=C(NCc1ccccc1Oc1ccccc1)C1CCCc2[nH]ncc21. The highest BCUT2D eigenvalue weighted by atomic mass is 16.5. The highest BCUT2D eigenvalue weighted by molar-refractivity contribution is 5.84. The largest absolute Gasteiger partial charge is 0.457 e. The number of aryl methyl sites for hydroxylation is 1. The topological polar surface area (TPSA) is 67.0 Å². The van der Waals surface area contributed by atoms with E-state index < -0.39 is 0 Å². The number of hydrogen-bond acceptors (Lipinski definition) is 3. The number of H-pyrrole nitrogens is 1. The number of carbonyl (C=O) groups excluding carboxylic acids is 1. The van der Waals surface area contributed by atoms with E-state index in [9.17, 15) is 4.79 Å². The third kappa shape index (κ3) is 3.47. The van der Waals surface area contributed by atoms with Crippen LogP contribution in [0.5, 0.6) is 11.5 Å². The lowest BCUT2D eigenvalue weighted by Gasteiger charge is -2.21. The van der Waals surface area contributed by atoms with Crippen molar-refractivity contribution in [3.05, 3.63) is 77.6 Å². The molecule has 0 fully saturated rings. The minimum atomic E-state index is -0.125. The van der Waals surface area contributed by atoms with Gasteiger partial charge in [0.2, 0.25) is 5.91 Å². The fourth-order valence-corrected chi connectivity index (χ4v) is 3.40. The van der Waals surface area contributed by atoms with Gasteiger partial charge in [0.1, 0.15) is 11.5 Å². The van der Waals surface area contributed by atoms with Crippen molar-refractivity contribution in [2.75, 3.05) is 0 Å². The maximum atomic E-state index is 12.7. The van der Waals surface area contributed by atoms with Gasteiger partial charge in [-0.15, -0.1) is 0 Å². The van der Waals surface area contributed by atoms with E-state index in [1.54, 1.807) is 6.20 Å². The normalized spacial score (nSPS) is 15.9. The standard InChI is InChI=1S/C21H21N3O2/c25-21(17-10-6-11-19-18(17)14-23-24-19)22-13-15-7-4-5-12-20(15)26-16-8-2-1-3-9-16/h1-5,7-9,12,14,17H,6,10-11,13H2,(H,22,25)(H,23,24). The summed E-state index contributed by atoms with van der Waals surface area (Å²) in [5.74, 6) is 1.45. The fourth-order valence-electron chi connectivity index (χ4n) is 3.40. The Morgan fingerprint density at radius 3 is 2.85 bits per heavy atom. The van der Waals surface area contributed by atoms with Gasteiger partial charge in [0.15, 0.2) is 0 Å². The fraction of sp³-hybridized carbons (Fsp3) is 0.238. The van der Waals surface area contributed by atoms with Crippen LogP contribution < -0.4 is 10.1 Å². The molecule has 1 aliphatic rings. The minimum Gasteiger partial charge on any atom is -0.457 e. The van der Waals surface area contributed by atoms with Crippen LogP contribution in [0, 0.1) is 0 Å². The summed E-state index contributed by atoms with van der Waals surface area (Å²) in [5, 5.41) is 10.2. The van der Waals surface area contributed by atoms with E-state index in [-0.39, 0.29) is 11.8 Å². The van der Waals surface area contributed by atoms with Crippen LogP contribution in [0.1, 0.15) is 35.6 Å². The van der Waals surface area contributed by atoms with Gasteiger partial charge in [-0.1, -0.05) is 36.4 Å². The second kappa shape index (κ2) is 7.44. The number of nitrogens with zero attached hydrogens (tertiary/aromatic N) is 1. The Bertz CT molecular complexity index is 889. The Morgan fingerprint density at radius 2 is 1.96 bits per heavy atom. The number of fused-ring (bicyclic) bond motifs is 1. The molecule has 0 spiro atoms. The second-order valence-corrected chi connectivity index (χ2v) is 6.49. The second-order valence-electron chi connectivity index (χ2n) is 6.49. The van der Waals surface area contributed by atoms with Gasteiger partial charge in [-0.2, -0.15) is 5.10 Å². The lowest BCUT2D eigenvalue weighted by Crippen LogP contribution is -2.30. The lowest BCUT2D eigenvalue weighted by atomic mass is 9.86. The van der Waals surface area contributed by atoms with Crippen LogP contribution >= 0.6 is 0 Å². The van der Waals surface area contributed by atoms with Crippen LogP contribution in [0.2, 0.25) is 0 Å². The number of para-hydroxylation sites is 2. The summed E-state index contributed by atoms with van der Waals surface area (Å²) >= 11 is 0. The average Bonchev–Trinajstić information content (AvgIpc) is 3.17. The number of aromatic nitrogens is 2. The molecule has 3 aromatic rings. The Kier molecular flexibility index (Phi) is 4.69. The zero-order valence-corrected chi connectivity index (χ0v) is 14.4. The molecule has 5 heteroatoms. The van der Waals surface area contributed by atoms with Crippen molar-refractivity contribution in [3.63, 3.8) is 0 Å². The van der Waals surface area contributed by atoms with Crippen LogP contribution in [0.3, 0.4) is 0 Å². The third-order valence-electron chi connectivity index (χ3n) is 4.76. The van der Waals surface area contributed by atoms with Gasteiger partial charge in [0.05, 0.1) is 12.1 Å².